The third-order valence-corrected chi connectivity index (χ3v) is 8.41. The molecule has 10 nitrogen and oxygen atoms in total. The molecular weight excluding hydrogens is 664 g/mol. The third-order valence-electron chi connectivity index (χ3n) is 8.41. The van der Waals surface area contributed by atoms with E-state index >= 15 is 4.39 Å². The predicted octanol–water partition coefficient (Wildman–Crippen LogP) is 6.93. The van der Waals surface area contributed by atoms with E-state index in [-0.39, 0.29) is 42.5 Å². The van der Waals surface area contributed by atoms with Gasteiger partial charge < -0.3 is 28.6 Å². The zero-order chi connectivity index (χ0) is 36.4. The zero-order valence-corrected chi connectivity index (χ0v) is 28.3. The molecule has 0 radical (unpaired) electrons. The molecule has 1 amide bonds. The summed E-state index contributed by atoms with van der Waals surface area (Å²) in [6.45, 7) is 1.95. The number of hydrogen-bond donors (Lipinski definition) is 0. The van der Waals surface area contributed by atoms with E-state index in [0.717, 1.165) is 38.3 Å². The summed E-state index contributed by atoms with van der Waals surface area (Å²) < 4.78 is 84.7. The Hall–Kier alpha value is -4.56. The highest BCUT2D eigenvalue weighted by molar-refractivity contribution is 6.04. The maximum Gasteiger partial charge on any atom is 0.421 e. The van der Waals surface area contributed by atoms with Crippen LogP contribution in [0.2, 0.25) is 0 Å². The highest BCUT2D eigenvalue weighted by atomic mass is 19.4. The van der Waals surface area contributed by atoms with Crippen LogP contribution in [-0.2, 0) is 47.7 Å². The number of hydrogen-bond acceptors (Lipinski definition) is 9. The van der Waals surface area contributed by atoms with Crippen LogP contribution >= 0.6 is 0 Å². The fourth-order valence-electron chi connectivity index (χ4n) is 5.81. The van der Waals surface area contributed by atoms with E-state index in [9.17, 15) is 27.6 Å². The molecule has 1 fully saturated rings. The number of benzene rings is 2. The van der Waals surface area contributed by atoms with Crippen LogP contribution in [0.1, 0.15) is 59.7 Å². The second kappa shape index (κ2) is 17.4. The van der Waals surface area contributed by atoms with Crippen LogP contribution in [0.25, 0.3) is 0 Å². The smallest absolute Gasteiger partial charge is 0.421 e. The predicted molar refractivity (Wildman–Crippen MR) is 173 cm³/mol. The van der Waals surface area contributed by atoms with Gasteiger partial charge in [0.1, 0.15) is 12.2 Å². The number of nitrogens with zero attached hydrogens (tertiary/aromatic N) is 2. The molecule has 14 heteroatoms. The minimum absolute atomic E-state index is 0.0335. The summed E-state index contributed by atoms with van der Waals surface area (Å²) in [5.41, 5.74) is -1.34. The first-order valence-corrected chi connectivity index (χ1v) is 16.0. The van der Waals surface area contributed by atoms with Crippen LogP contribution in [0.3, 0.4) is 0 Å². The van der Waals surface area contributed by atoms with Gasteiger partial charge in [-0.2, -0.15) is 13.2 Å². The van der Waals surface area contributed by atoms with Gasteiger partial charge >= 0.3 is 18.1 Å². The van der Waals surface area contributed by atoms with Crippen LogP contribution in [-0.4, -0.2) is 63.4 Å². The molecule has 1 aromatic heterocycles. The van der Waals surface area contributed by atoms with Crippen LogP contribution in [0, 0.1) is 17.7 Å². The lowest BCUT2D eigenvalue weighted by molar-refractivity contribution is -0.144. The number of amides is 1. The van der Waals surface area contributed by atoms with Gasteiger partial charge in [0.25, 0.3) is 0 Å². The van der Waals surface area contributed by atoms with Crippen molar-refractivity contribution in [2.75, 3.05) is 39.4 Å². The van der Waals surface area contributed by atoms with E-state index in [1.54, 1.807) is 30.3 Å². The van der Waals surface area contributed by atoms with Crippen LogP contribution in [0.5, 0.6) is 11.6 Å². The third kappa shape index (κ3) is 9.78. The van der Waals surface area contributed by atoms with Crippen molar-refractivity contribution < 1.29 is 55.6 Å². The van der Waals surface area contributed by atoms with Crippen molar-refractivity contribution >= 4 is 23.5 Å². The molecule has 0 aliphatic heterocycles. The van der Waals surface area contributed by atoms with Gasteiger partial charge in [-0.25, -0.2) is 14.2 Å². The quantitative estimate of drug-likeness (QED) is 0.130. The SMILES string of the molecule is COCC(COC)N(C(=O)C1CCC(C)CC1)c1cc(F)c(Oc2ncc(CC(=O)OCc3ccccc3)cc2C(F)(F)F)cc1C(=O)OC. The van der Waals surface area contributed by atoms with Gasteiger partial charge in [-0.15, -0.1) is 0 Å². The van der Waals surface area contributed by atoms with E-state index in [0.29, 0.717) is 30.4 Å². The molecule has 1 aliphatic rings. The van der Waals surface area contributed by atoms with Crippen molar-refractivity contribution in [2.45, 2.75) is 57.9 Å². The van der Waals surface area contributed by atoms with Gasteiger partial charge in [0.05, 0.1) is 44.0 Å². The van der Waals surface area contributed by atoms with Crippen molar-refractivity contribution in [3.05, 3.63) is 82.8 Å². The number of methoxy groups -OCH3 is 3. The topological polar surface area (TPSA) is 113 Å². The van der Waals surface area contributed by atoms with Gasteiger partial charge in [-0.1, -0.05) is 37.3 Å². The lowest BCUT2D eigenvalue weighted by Gasteiger charge is -2.36. The van der Waals surface area contributed by atoms with Gasteiger partial charge in [-0.05, 0) is 48.8 Å². The highest BCUT2D eigenvalue weighted by Gasteiger charge is 2.38. The minimum atomic E-state index is -5.03. The first-order valence-electron chi connectivity index (χ1n) is 16.0. The molecule has 0 bridgehead atoms. The number of aromatic nitrogens is 1. The Morgan fingerprint density at radius 1 is 0.940 bits per heavy atom. The molecule has 0 atom stereocenters. The monoisotopic (exact) mass is 704 g/mol. The summed E-state index contributed by atoms with van der Waals surface area (Å²) in [6, 6.07) is 10.3. The van der Waals surface area contributed by atoms with E-state index in [1.165, 1.54) is 19.1 Å². The molecule has 4 rings (SSSR count). The number of anilines is 1. The van der Waals surface area contributed by atoms with E-state index in [4.69, 9.17) is 23.7 Å². The number of rotatable bonds is 14. The van der Waals surface area contributed by atoms with E-state index in [2.05, 4.69) is 11.9 Å². The van der Waals surface area contributed by atoms with Crippen LogP contribution < -0.4 is 9.64 Å². The molecule has 0 spiro atoms. The second-order valence-corrected chi connectivity index (χ2v) is 12.1. The highest BCUT2D eigenvalue weighted by Crippen LogP contribution is 2.40. The first-order chi connectivity index (χ1) is 23.9. The Morgan fingerprint density at radius 2 is 1.60 bits per heavy atom. The molecule has 0 N–H and O–H groups in total. The van der Waals surface area contributed by atoms with Gasteiger partial charge in [0.2, 0.25) is 11.8 Å². The molecule has 2 aromatic carbocycles. The van der Waals surface area contributed by atoms with E-state index < -0.39 is 59.5 Å². The summed E-state index contributed by atoms with van der Waals surface area (Å²) >= 11 is 0. The average molecular weight is 705 g/mol. The van der Waals surface area contributed by atoms with Crippen molar-refractivity contribution in [3.8, 4) is 11.6 Å². The number of pyridine rings is 1. The van der Waals surface area contributed by atoms with Crippen molar-refractivity contribution in [3.63, 3.8) is 0 Å². The number of carbonyl (C=O) groups is 3. The average Bonchev–Trinajstić information content (AvgIpc) is 3.09. The number of halogens is 4. The summed E-state index contributed by atoms with van der Waals surface area (Å²) in [6.07, 6.45) is -1.81. The van der Waals surface area contributed by atoms with Crippen molar-refractivity contribution in [2.24, 2.45) is 11.8 Å². The fourth-order valence-corrected chi connectivity index (χ4v) is 5.81. The van der Waals surface area contributed by atoms with Gasteiger partial charge in [-0.3, -0.25) is 9.59 Å². The van der Waals surface area contributed by atoms with Gasteiger partial charge in [0.15, 0.2) is 11.6 Å². The number of esters is 2. The summed E-state index contributed by atoms with van der Waals surface area (Å²) in [7, 11) is 3.90. The number of alkyl halides is 3. The Balaban J connectivity index is 1.69. The zero-order valence-electron chi connectivity index (χ0n) is 28.3. The normalized spacial score (nSPS) is 16.2. The lowest BCUT2D eigenvalue weighted by Crippen LogP contribution is -2.49. The van der Waals surface area contributed by atoms with Crippen molar-refractivity contribution in [1.29, 1.82) is 0 Å². The maximum atomic E-state index is 15.9. The maximum absolute atomic E-state index is 15.9. The lowest BCUT2D eigenvalue weighted by atomic mass is 9.82. The minimum Gasteiger partial charge on any atom is -0.465 e. The van der Waals surface area contributed by atoms with Crippen LogP contribution in [0.15, 0.2) is 54.7 Å². The summed E-state index contributed by atoms with van der Waals surface area (Å²) in [5.74, 6) is -5.16. The molecule has 1 aliphatic carbocycles. The molecule has 50 heavy (non-hydrogen) atoms. The summed E-state index contributed by atoms with van der Waals surface area (Å²) in [4.78, 5) is 44.5. The Morgan fingerprint density at radius 3 is 2.20 bits per heavy atom. The Bertz CT molecular complexity index is 1620. The Kier molecular flexibility index (Phi) is 13.3. The van der Waals surface area contributed by atoms with Gasteiger partial charge in [0, 0.05) is 38.5 Å². The fraction of sp³-hybridized carbons (Fsp3) is 0.444. The standard InChI is InChI=1S/C36H40F4N2O8/c1-22-10-12-25(13-11-22)34(44)42(26(20-46-2)21-47-3)30-17-29(37)31(16-27(30)35(45)48-4)50-33-28(36(38,39)40)14-24(18-41-33)15-32(43)49-19-23-8-6-5-7-9-23/h5-9,14,16-18,22,25-26H,10-13,15,19-21H2,1-4H3. The van der Waals surface area contributed by atoms with E-state index in [1.807, 2.05) is 0 Å². The summed E-state index contributed by atoms with van der Waals surface area (Å²) in [5, 5.41) is 0. The largest absolute Gasteiger partial charge is 0.465 e. The molecule has 0 saturated heterocycles. The molecule has 1 saturated carbocycles. The first kappa shape index (κ1) is 38.2. The molecule has 270 valence electrons. The molecular formula is C36H40F4N2O8. The van der Waals surface area contributed by atoms with Crippen LogP contribution in [0.4, 0.5) is 23.2 Å². The molecule has 0 unspecified atom stereocenters. The Labute approximate surface area is 287 Å². The second-order valence-electron chi connectivity index (χ2n) is 12.1. The molecule has 3 aromatic rings. The number of ether oxygens (including phenoxy) is 5. The number of carbonyl (C=O) groups excluding carboxylic acids is 3. The van der Waals surface area contributed by atoms with Crippen molar-refractivity contribution in [1.82, 2.24) is 4.98 Å². The molecule has 1 heterocycles.